The minimum Gasteiger partial charge on any atom is -0.276 e. The van der Waals surface area contributed by atoms with Crippen molar-refractivity contribution in [2.75, 3.05) is 0 Å². The molecule has 1 heterocycles. The van der Waals surface area contributed by atoms with E-state index in [1.165, 1.54) is 11.1 Å². The molecule has 1 aromatic heterocycles. The van der Waals surface area contributed by atoms with Crippen molar-refractivity contribution in [1.29, 1.82) is 0 Å². The summed E-state index contributed by atoms with van der Waals surface area (Å²) in [5.41, 5.74) is 2.72. The predicted molar refractivity (Wildman–Crippen MR) is 75.7 cm³/mol. The molecule has 18 heavy (non-hydrogen) atoms. The van der Waals surface area contributed by atoms with Crippen molar-refractivity contribution in [2.45, 2.75) is 38.5 Å². The van der Waals surface area contributed by atoms with E-state index in [4.69, 9.17) is 0 Å². The van der Waals surface area contributed by atoms with E-state index in [0.29, 0.717) is 0 Å². The monoisotopic (exact) mass is 242 g/mol. The molecule has 0 bridgehead atoms. The van der Waals surface area contributed by atoms with Crippen LogP contribution in [0.3, 0.4) is 0 Å². The van der Waals surface area contributed by atoms with Crippen LogP contribution in [-0.2, 0) is 17.9 Å². The first-order valence-corrected chi connectivity index (χ1v) is 6.40. The van der Waals surface area contributed by atoms with Crippen LogP contribution in [0.4, 0.5) is 0 Å². The molecule has 2 rings (SSSR count). The van der Waals surface area contributed by atoms with Crippen LogP contribution in [-0.4, -0.2) is 9.78 Å². The number of benzene rings is 1. The molecule has 0 aliphatic carbocycles. The van der Waals surface area contributed by atoms with E-state index in [2.05, 4.69) is 69.3 Å². The van der Waals surface area contributed by atoms with Gasteiger partial charge in [0.05, 0.1) is 6.20 Å². The molecule has 2 heteroatoms. The van der Waals surface area contributed by atoms with E-state index < -0.39 is 0 Å². The second kappa shape index (κ2) is 4.27. The van der Waals surface area contributed by atoms with Gasteiger partial charge in [0.2, 0.25) is 0 Å². The smallest absolute Gasteiger partial charge is 0.0527 e. The van der Waals surface area contributed by atoms with Crippen LogP contribution in [0.25, 0.3) is 0 Å². The zero-order chi connectivity index (χ0) is 13.4. The van der Waals surface area contributed by atoms with Crippen molar-refractivity contribution in [1.82, 2.24) is 9.78 Å². The van der Waals surface area contributed by atoms with E-state index in [9.17, 15) is 0 Å². The number of aryl methyl sites for hydroxylation is 1. The summed E-state index contributed by atoms with van der Waals surface area (Å²) in [6.07, 6.45) is 4.09. The summed E-state index contributed by atoms with van der Waals surface area (Å²) < 4.78 is 1.87. The third kappa shape index (κ3) is 1.96. The van der Waals surface area contributed by atoms with Gasteiger partial charge in [-0.1, -0.05) is 58.0 Å². The maximum atomic E-state index is 4.31. The van der Waals surface area contributed by atoms with Gasteiger partial charge < -0.3 is 0 Å². The van der Waals surface area contributed by atoms with Crippen LogP contribution in [0, 0.1) is 0 Å². The molecule has 0 saturated carbocycles. The van der Waals surface area contributed by atoms with Gasteiger partial charge in [-0.2, -0.15) is 5.10 Å². The SMILES string of the molecule is Cn1cc(C(C)(C)C(C)(C)c2ccccc2)cn1. The summed E-state index contributed by atoms with van der Waals surface area (Å²) in [6.45, 7) is 9.18. The molecule has 0 amide bonds. The Kier molecular flexibility index (Phi) is 3.05. The van der Waals surface area contributed by atoms with Crippen LogP contribution in [0.1, 0.15) is 38.8 Å². The van der Waals surface area contributed by atoms with E-state index in [0.717, 1.165) is 0 Å². The Bertz CT molecular complexity index is 521. The lowest BCUT2D eigenvalue weighted by atomic mass is 9.61. The fraction of sp³-hybridized carbons (Fsp3) is 0.438. The lowest BCUT2D eigenvalue weighted by Crippen LogP contribution is -2.40. The van der Waals surface area contributed by atoms with Gasteiger partial charge in [-0.3, -0.25) is 4.68 Å². The summed E-state index contributed by atoms with van der Waals surface area (Å²) in [5.74, 6) is 0. The van der Waals surface area contributed by atoms with Crippen molar-refractivity contribution < 1.29 is 0 Å². The van der Waals surface area contributed by atoms with Crippen molar-refractivity contribution in [3.05, 3.63) is 53.9 Å². The average molecular weight is 242 g/mol. The largest absolute Gasteiger partial charge is 0.276 e. The topological polar surface area (TPSA) is 17.8 Å². The minimum absolute atomic E-state index is 0.0304. The predicted octanol–water partition coefficient (Wildman–Crippen LogP) is 3.68. The van der Waals surface area contributed by atoms with Crippen molar-refractivity contribution >= 4 is 0 Å². The summed E-state index contributed by atoms with van der Waals surface area (Å²) in [6, 6.07) is 10.7. The van der Waals surface area contributed by atoms with Crippen LogP contribution in [0.15, 0.2) is 42.7 Å². The Labute approximate surface area is 110 Å². The van der Waals surface area contributed by atoms with E-state index in [1.54, 1.807) is 0 Å². The fourth-order valence-corrected chi connectivity index (χ4v) is 2.32. The maximum absolute atomic E-state index is 4.31. The molecule has 1 aromatic carbocycles. The van der Waals surface area contributed by atoms with Crippen molar-refractivity contribution in [3.63, 3.8) is 0 Å². The Morgan fingerprint density at radius 3 is 1.94 bits per heavy atom. The van der Waals surface area contributed by atoms with Gasteiger partial charge >= 0.3 is 0 Å². The number of hydrogen-bond acceptors (Lipinski definition) is 1. The second-order valence-corrected chi connectivity index (χ2v) is 6.02. The highest BCUT2D eigenvalue weighted by Gasteiger charge is 2.40. The van der Waals surface area contributed by atoms with Gasteiger partial charge in [-0.25, -0.2) is 0 Å². The van der Waals surface area contributed by atoms with Gasteiger partial charge in [-0.05, 0) is 16.5 Å². The molecule has 0 unspecified atom stereocenters. The van der Waals surface area contributed by atoms with E-state index in [-0.39, 0.29) is 10.8 Å². The Hall–Kier alpha value is -1.57. The van der Waals surface area contributed by atoms with E-state index >= 15 is 0 Å². The Balaban J connectivity index is 2.46. The van der Waals surface area contributed by atoms with Crippen molar-refractivity contribution in [2.24, 2.45) is 7.05 Å². The Morgan fingerprint density at radius 1 is 0.889 bits per heavy atom. The molecule has 0 atom stereocenters. The van der Waals surface area contributed by atoms with Gasteiger partial charge in [0.1, 0.15) is 0 Å². The minimum atomic E-state index is 0.0304. The van der Waals surface area contributed by atoms with Crippen molar-refractivity contribution in [3.8, 4) is 0 Å². The second-order valence-electron chi connectivity index (χ2n) is 6.02. The zero-order valence-corrected chi connectivity index (χ0v) is 11.9. The summed E-state index contributed by atoms with van der Waals surface area (Å²) in [4.78, 5) is 0. The first-order chi connectivity index (χ1) is 8.35. The van der Waals surface area contributed by atoms with Crippen LogP contribution < -0.4 is 0 Å². The molecule has 0 fully saturated rings. The molecular formula is C16H22N2. The first-order valence-electron chi connectivity index (χ1n) is 6.40. The van der Waals surface area contributed by atoms with Crippen LogP contribution in [0.2, 0.25) is 0 Å². The third-order valence-electron chi connectivity index (χ3n) is 4.48. The molecule has 0 spiro atoms. The van der Waals surface area contributed by atoms with Gasteiger partial charge in [0, 0.05) is 18.7 Å². The third-order valence-corrected chi connectivity index (χ3v) is 4.48. The molecule has 0 saturated heterocycles. The molecule has 0 N–H and O–H groups in total. The number of nitrogens with zero attached hydrogens (tertiary/aromatic N) is 2. The number of aromatic nitrogens is 2. The molecule has 0 aliphatic rings. The molecule has 0 radical (unpaired) electrons. The highest BCUT2D eigenvalue weighted by atomic mass is 15.2. The fourth-order valence-electron chi connectivity index (χ4n) is 2.32. The standard InChI is InChI=1S/C16H22N2/c1-15(2,13-9-7-6-8-10-13)16(3,4)14-11-17-18(5)12-14/h6-12H,1-5H3. The van der Waals surface area contributed by atoms with Crippen LogP contribution in [0.5, 0.6) is 0 Å². The normalized spacial score (nSPS) is 12.7. The highest BCUT2D eigenvalue weighted by molar-refractivity contribution is 5.34. The van der Waals surface area contributed by atoms with Crippen LogP contribution >= 0.6 is 0 Å². The van der Waals surface area contributed by atoms with E-state index in [1.807, 2.05) is 17.9 Å². The summed E-state index contributed by atoms with van der Waals surface area (Å²) >= 11 is 0. The average Bonchev–Trinajstić information content (AvgIpc) is 2.77. The number of rotatable bonds is 3. The first kappa shape index (κ1) is 12.9. The quantitative estimate of drug-likeness (QED) is 0.803. The summed E-state index contributed by atoms with van der Waals surface area (Å²) in [5, 5.41) is 4.31. The van der Waals surface area contributed by atoms with Gasteiger partial charge in [0.25, 0.3) is 0 Å². The summed E-state index contributed by atoms with van der Waals surface area (Å²) in [7, 11) is 1.97. The van der Waals surface area contributed by atoms with Gasteiger partial charge in [0.15, 0.2) is 0 Å². The Morgan fingerprint density at radius 2 is 1.44 bits per heavy atom. The number of hydrogen-bond donors (Lipinski definition) is 0. The molecule has 0 aliphatic heterocycles. The highest BCUT2D eigenvalue weighted by Crippen LogP contribution is 2.43. The maximum Gasteiger partial charge on any atom is 0.0527 e. The molecular weight excluding hydrogens is 220 g/mol. The molecule has 2 aromatic rings. The molecule has 2 nitrogen and oxygen atoms in total. The lowest BCUT2D eigenvalue weighted by molar-refractivity contribution is 0.303. The van der Waals surface area contributed by atoms with Gasteiger partial charge in [-0.15, -0.1) is 0 Å². The lowest BCUT2D eigenvalue weighted by Gasteiger charge is -2.41. The zero-order valence-electron chi connectivity index (χ0n) is 11.9. The molecule has 96 valence electrons.